The molecule has 0 atom stereocenters. The summed E-state index contributed by atoms with van der Waals surface area (Å²) in [7, 11) is 1.49. The summed E-state index contributed by atoms with van der Waals surface area (Å²) < 4.78 is 44.4. The molecule has 0 saturated carbocycles. The molecule has 0 aliphatic carbocycles. The fourth-order valence-electron chi connectivity index (χ4n) is 5.06. The molecule has 1 N–H and O–H groups in total. The van der Waals surface area contributed by atoms with E-state index in [1.165, 1.54) is 25.3 Å². The van der Waals surface area contributed by atoms with Crippen LogP contribution in [0, 0.1) is 5.82 Å². The molecule has 1 aromatic heterocycles. The molecule has 0 bridgehead atoms. The number of fused-ring (bicyclic) bond motifs is 3. The van der Waals surface area contributed by atoms with Crippen molar-refractivity contribution < 1.29 is 37.7 Å². The lowest BCUT2D eigenvalue weighted by Crippen LogP contribution is -2.27. The predicted octanol–water partition coefficient (Wildman–Crippen LogP) is 7.39. The van der Waals surface area contributed by atoms with Gasteiger partial charge in [-0.3, -0.25) is 4.79 Å². The molecule has 3 aromatic carbocycles. The third kappa shape index (κ3) is 6.32. The van der Waals surface area contributed by atoms with E-state index in [1.807, 2.05) is 45.9 Å². The minimum Gasteiger partial charge on any atom is -0.493 e. The van der Waals surface area contributed by atoms with Crippen LogP contribution in [-0.2, 0) is 17.8 Å². The normalized spacial score (nSPS) is 13.5. The monoisotopic (exact) mass is 600 g/mol. The van der Waals surface area contributed by atoms with E-state index in [4.69, 9.17) is 28.5 Å². The smallest absolute Gasteiger partial charge is 0.328 e. The van der Waals surface area contributed by atoms with Crippen molar-refractivity contribution in [1.82, 2.24) is 0 Å². The Hall–Kier alpha value is -5.05. The van der Waals surface area contributed by atoms with Crippen LogP contribution in [0.1, 0.15) is 44.4 Å². The highest BCUT2D eigenvalue weighted by Crippen LogP contribution is 2.44. The van der Waals surface area contributed by atoms with E-state index in [2.05, 4.69) is 0 Å². The van der Waals surface area contributed by atoms with Crippen LogP contribution < -0.4 is 24.4 Å². The van der Waals surface area contributed by atoms with Gasteiger partial charge in [0, 0.05) is 23.8 Å². The summed E-state index contributed by atoms with van der Waals surface area (Å²) in [6.45, 7) is 7.65. The van der Waals surface area contributed by atoms with Crippen molar-refractivity contribution in [3.8, 4) is 23.0 Å². The SMILES string of the molecule is COc1c(OCc2cccc(F)c2)cc2oc3cc4c(c(OC/C=C/C(=O)O)c3c(=O)c2c1CC=C(C)C)C=CC(C)(C)O4. The van der Waals surface area contributed by atoms with Gasteiger partial charge in [-0.25, -0.2) is 9.18 Å². The lowest BCUT2D eigenvalue weighted by Gasteiger charge is -2.29. The number of carbonyl (C=O) groups is 1. The van der Waals surface area contributed by atoms with Crippen LogP contribution in [0.3, 0.4) is 0 Å². The second-order valence-electron chi connectivity index (χ2n) is 11.2. The molecular weight excluding hydrogens is 567 g/mol. The third-order valence-corrected chi connectivity index (χ3v) is 7.04. The Bertz CT molecular complexity index is 1910. The van der Waals surface area contributed by atoms with E-state index in [1.54, 1.807) is 24.3 Å². The first-order valence-corrected chi connectivity index (χ1v) is 14.1. The number of hydrogen-bond acceptors (Lipinski definition) is 7. The first kappa shape index (κ1) is 30.4. The Morgan fingerprint density at radius 2 is 1.84 bits per heavy atom. The Morgan fingerprint density at radius 3 is 2.55 bits per heavy atom. The summed E-state index contributed by atoms with van der Waals surface area (Å²) in [4.78, 5) is 25.5. The molecule has 1 aliphatic heterocycles. The molecule has 9 heteroatoms. The molecule has 1 aliphatic rings. The molecule has 44 heavy (non-hydrogen) atoms. The second-order valence-corrected chi connectivity index (χ2v) is 11.2. The zero-order chi connectivity index (χ0) is 31.6. The second kappa shape index (κ2) is 12.3. The number of benzene rings is 3. The average molecular weight is 601 g/mol. The van der Waals surface area contributed by atoms with Crippen LogP contribution in [0.4, 0.5) is 4.39 Å². The number of halogens is 1. The molecule has 0 radical (unpaired) electrons. The number of carboxylic acids is 1. The highest BCUT2D eigenvalue weighted by Gasteiger charge is 2.29. The predicted molar refractivity (Wildman–Crippen MR) is 166 cm³/mol. The molecule has 8 nitrogen and oxygen atoms in total. The van der Waals surface area contributed by atoms with Gasteiger partial charge in [0.05, 0.1) is 18.1 Å². The summed E-state index contributed by atoms with van der Waals surface area (Å²) in [5, 5.41) is 9.49. The Labute approximate surface area is 253 Å². The summed E-state index contributed by atoms with van der Waals surface area (Å²) in [6, 6.07) is 9.35. The van der Waals surface area contributed by atoms with E-state index in [0.717, 1.165) is 11.6 Å². The first-order chi connectivity index (χ1) is 21.0. The highest BCUT2D eigenvalue weighted by atomic mass is 19.1. The largest absolute Gasteiger partial charge is 0.493 e. The maximum atomic E-state index is 14.4. The summed E-state index contributed by atoms with van der Waals surface area (Å²) >= 11 is 0. The molecule has 2 heterocycles. The molecule has 0 saturated heterocycles. The molecule has 0 spiro atoms. The number of carboxylic acid groups (broad SMARTS) is 1. The Balaban J connectivity index is 1.76. The first-order valence-electron chi connectivity index (χ1n) is 14.1. The van der Waals surface area contributed by atoms with Crippen molar-refractivity contribution in [1.29, 1.82) is 0 Å². The maximum Gasteiger partial charge on any atom is 0.328 e. The van der Waals surface area contributed by atoms with E-state index in [9.17, 15) is 14.0 Å². The van der Waals surface area contributed by atoms with Gasteiger partial charge in [-0.2, -0.15) is 0 Å². The van der Waals surface area contributed by atoms with Gasteiger partial charge in [0.15, 0.2) is 11.5 Å². The molecule has 5 rings (SSSR count). The standard InChI is InChI=1S/C35H33FO8/c1-20(2)11-12-24-30-26(18-28(33(24)40-5)42-19-21-8-6-9-22(36)16-21)43-27-17-25-23(13-14-35(3,4)44-25)34(31(27)32(30)39)41-15-7-10-29(37)38/h6-11,13-14,16-18H,12,15,19H2,1-5H3,(H,37,38)/b10-7+. The number of ether oxygens (including phenoxy) is 4. The number of aliphatic carboxylic acids is 1. The minimum absolute atomic E-state index is 0.0597. The van der Waals surface area contributed by atoms with Crippen molar-refractivity contribution in [2.24, 2.45) is 0 Å². The molecule has 0 fully saturated rings. The Kier molecular flexibility index (Phi) is 8.49. The van der Waals surface area contributed by atoms with Gasteiger partial charge in [-0.1, -0.05) is 23.8 Å². The van der Waals surface area contributed by atoms with Crippen molar-refractivity contribution in [2.75, 3.05) is 13.7 Å². The summed E-state index contributed by atoms with van der Waals surface area (Å²) in [6.07, 6.45) is 8.31. The summed E-state index contributed by atoms with van der Waals surface area (Å²) in [5.41, 5.74) is 2.25. The maximum absolute atomic E-state index is 14.4. The quantitative estimate of drug-likeness (QED) is 0.114. The molecule has 4 aromatic rings. The van der Waals surface area contributed by atoms with Crippen molar-refractivity contribution in [3.63, 3.8) is 0 Å². The number of allylic oxidation sites excluding steroid dienone is 2. The highest BCUT2D eigenvalue weighted by molar-refractivity contribution is 5.99. The number of hydrogen-bond donors (Lipinski definition) is 1. The van der Waals surface area contributed by atoms with Gasteiger partial charge in [-0.05, 0) is 70.0 Å². The molecular formula is C35H33FO8. The van der Waals surface area contributed by atoms with E-state index in [0.29, 0.717) is 40.4 Å². The fourth-order valence-corrected chi connectivity index (χ4v) is 5.06. The van der Waals surface area contributed by atoms with Gasteiger partial charge < -0.3 is 28.5 Å². The van der Waals surface area contributed by atoms with Gasteiger partial charge in [0.25, 0.3) is 0 Å². The van der Waals surface area contributed by atoms with E-state index in [-0.39, 0.29) is 52.1 Å². The van der Waals surface area contributed by atoms with E-state index >= 15 is 0 Å². The topological polar surface area (TPSA) is 104 Å². The van der Waals surface area contributed by atoms with Gasteiger partial charge in [0.1, 0.15) is 52.7 Å². The van der Waals surface area contributed by atoms with Gasteiger partial charge in [0.2, 0.25) is 5.43 Å². The number of methoxy groups -OCH3 is 1. The average Bonchev–Trinajstić information content (AvgIpc) is 2.95. The van der Waals surface area contributed by atoms with E-state index < -0.39 is 11.6 Å². The van der Waals surface area contributed by atoms with Crippen molar-refractivity contribution in [3.05, 3.63) is 99.0 Å². The Morgan fingerprint density at radius 1 is 1.07 bits per heavy atom. The fraction of sp³-hybridized carbons (Fsp3) is 0.257. The van der Waals surface area contributed by atoms with Crippen LogP contribution in [0.5, 0.6) is 23.0 Å². The van der Waals surface area contributed by atoms with Crippen LogP contribution in [0.2, 0.25) is 0 Å². The van der Waals surface area contributed by atoms with Gasteiger partial charge in [-0.15, -0.1) is 0 Å². The van der Waals surface area contributed by atoms with Crippen LogP contribution in [0.25, 0.3) is 28.0 Å². The third-order valence-electron chi connectivity index (χ3n) is 7.04. The lowest BCUT2D eigenvalue weighted by atomic mass is 9.97. The van der Waals surface area contributed by atoms with Gasteiger partial charge >= 0.3 is 5.97 Å². The van der Waals surface area contributed by atoms with Crippen molar-refractivity contribution >= 4 is 34.0 Å². The molecule has 0 amide bonds. The lowest BCUT2D eigenvalue weighted by molar-refractivity contribution is -0.131. The summed E-state index contributed by atoms with van der Waals surface area (Å²) in [5.74, 6) is -0.141. The minimum atomic E-state index is -1.12. The zero-order valence-corrected chi connectivity index (χ0v) is 25.2. The van der Waals surface area contributed by atoms with Crippen LogP contribution >= 0.6 is 0 Å². The van der Waals surface area contributed by atoms with Crippen LogP contribution in [-0.4, -0.2) is 30.4 Å². The molecule has 0 unspecified atom stereocenters. The van der Waals surface area contributed by atoms with Crippen molar-refractivity contribution in [2.45, 2.75) is 46.3 Å². The zero-order valence-electron chi connectivity index (χ0n) is 25.2. The molecule has 228 valence electrons. The number of rotatable bonds is 10. The van der Waals surface area contributed by atoms with Crippen LogP contribution in [0.15, 0.2) is 75.5 Å².